The molecule has 0 amide bonds. The molecule has 2 N–H and O–H groups in total. The summed E-state index contributed by atoms with van der Waals surface area (Å²) in [5.41, 5.74) is -5.77. The van der Waals surface area contributed by atoms with Gasteiger partial charge in [0.25, 0.3) is 0 Å². The van der Waals surface area contributed by atoms with Crippen LogP contribution in [0.4, 0.5) is 22.0 Å². The lowest BCUT2D eigenvalue weighted by molar-refractivity contribution is -0.0329. The number of ether oxygens (including phenoxy) is 1. The van der Waals surface area contributed by atoms with Crippen molar-refractivity contribution >= 4 is 11.8 Å². The second kappa shape index (κ2) is 6.99. The molecule has 1 aliphatic rings. The molecule has 0 spiro atoms. The van der Waals surface area contributed by atoms with Gasteiger partial charge in [-0.15, -0.1) is 0 Å². The lowest BCUT2D eigenvalue weighted by Gasteiger charge is -2.16. The minimum absolute atomic E-state index is 0.0460. The fourth-order valence-corrected chi connectivity index (χ4v) is 3.51. The minimum Gasteiger partial charge on any atom is -0.457 e. The van der Waals surface area contributed by atoms with Crippen molar-refractivity contribution in [2.45, 2.75) is 28.8 Å². The number of aliphatic hydroxyl groups is 2. The Morgan fingerprint density at radius 2 is 1.74 bits per heavy atom. The molecule has 3 atom stereocenters. The summed E-state index contributed by atoms with van der Waals surface area (Å²) in [6.45, 7) is 0. The van der Waals surface area contributed by atoms with Crippen LogP contribution >= 0.6 is 11.8 Å². The van der Waals surface area contributed by atoms with Crippen LogP contribution in [0, 0.1) is 17.1 Å². The van der Waals surface area contributed by atoms with Gasteiger partial charge in [0.1, 0.15) is 35.6 Å². The number of rotatable bonds is 3. The fraction of sp³-hybridized carbons (Fsp3) is 0.235. The predicted octanol–water partition coefficient (Wildman–Crippen LogP) is 4.52. The molecule has 27 heavy (non-hydrogen) atoms. The molecule has 142 valence electrons. The maximum atomic E-state index is 14.1. The zero-order chi connectivity index (χ0) is 19.9. The summed E-state index contributed by atoms with van der Waals surface area (Å²) in [6.07, 6.45) is -6.11. The predicted molar refractivity (Wildman–Crippen MR) is 84.4 cm³/mol. The highest BCUT2D eigenvalue weighted by molar-refractivity contribution is 8.00. The molecule has 0 unspecified atom stereocenters. The van der Waals surface area contributed by atoms with Crippen molar-refractivity contribution in [3.63, 3.8) is 0 Å². The Balaban J connectivity index is 2.07. The van der Waals surface area contributed by atoms with Crippen LogP contribution in [0.5, 0.6) is 11.5 Å². The molecule has 0 radical (unpaired) electrons. The van der Waals surface area contributed by atoms with Gasteiger partial charge in [-0.2, -0.15) is 18.4 Å². The van der Waals surface area contributed by atoms with Gasteiger partial charge in [-0.05, 0) is 36.0 Å². The molecule has 1 aliphatic carbocycles. The molecule has 0 saturated carbocycles. The van der Waals surface area contributed by atoms with Crippen molar-refractivity contribution in [1.82, 2.24) is 0 Å². The van der Waals surface area contributed by atoms with E-state index in [4.69, 9.17) is 10.00 Å². The van der Waals surface area contributed by atoms with E-state index >= 15 is 0 Å². The first-order chi connectivity index (χ1) is 12.6. The SMILES string of the molecule is N#Cc1cc(Oc2ccc(SC(F)(F)F)c3c2[C@H](O)[C@@H](F)[C@H]3O)ccc1F. The summed E-state index contributed by atoms with van der Waals surface area (Å²) in [7, 11) is 0. The van der Waals surface area contributed by atoms with Gasteiger partial charge in [-0.3, -0.25) is 0 Å². The van der Waals surface area contributed by atoms with Gasteiger partial charge < -0.3 is 14.9 Å². The van der Waals surface area contributed by atoms with Crippen molar-refractivity contribution in [1.29, 1.82) is 5.26 Å². The smallest absolute Gasteiger partial charge is 0.446 e. The van der Waals surface area contributed by atoms with Crippen molar-refractivity contribution in [2.75, 3.05) is 0 Å². The topological polar surface area (TPSA) is 73.5 Å². The Morgan fingerprint density at radius 1 is 1.07 bits per heavy atom. The molecular weight excluding hydrogens is 393 g/mol. The molecule has 2 aromatic carbocycles. The number of fused-ring (bicyclic) bond motifs is 1. The second-order valence-corrected chi connectivity index (χ2v) is 6.73. The molecule has 4 nitrogen and oxygen atoms in total. The van der Waals surface area contributed by atoms with E-state index in [-0.39, 0.29) is 22.6 Å². The molecule has 0 bridgehead atoms. The maximum absolute atomic E-state index is 14.1. The molecule has 10 heteroatoms. The number of benzene rings is 2. The minimum atomic E-state index is -4.69. The number of nitrogens with zero attached hydrogens (tertiary/aromatic N) is 1. The molecule has 2 aromatic rings. The van der Waals surface area contributed by atoms with E-state index in [1.165, 1.54) is 0 Å². The summed E-state index contributed by atoms with van der Waals surface area (Å²) < 4.78 is 71.1. The van der Waals surface area contributed by atoms with Crippen LogP contribution in [0.2, 0.25) is 0 Å². The number of nitriles is 1. The first-order valence-corrected chi connectivity index (χ1v) is 8.24. The molecular formula is C17H10F5NO3S. The highest BCUT2D eigenvalue weighted by atomic mass is 32.2. The number of alkyl halides is 4. The number of hydrogen-bond donors (Lipinski definition) is 2. The third kappa shape index (κ3) is 3.71. The molecule has 0 aliphatic heterocycles. The maximum Gasteiger partial charge on any atom is 0.446 e. The van der Waals surface area contributed by atoms with E-state index in [0.717, 1.165) is 30.3 Å². The van der Waals surface area contributed by atoms with Crippen LogP contribution < -0.4 is 4.74 Å². The number of aliphatic hydroxyl groups excluding tert-OH is 2. The van der Waals surface area contributed by atoms with Crippen LogP contribution in [0.15, 0.2) is 35.2 Å². The number of thioether (sulfide) groups is 1. The lowest BCUT2D eigenvalue weighted by atomic mass is 10.1. The zero-order valence-electron chi connectivity index (χ0n) is 13.2. The molecule has 0 heterocycles. The van der Waals surface area contributed by atoms with Crippen molar-refractivity contribution < 1.29 is 36.9 Å². The van der Waals surface area contributed by atoms with Gasteiger partial charge in [-0.1, -0.05) is 0 Å². The highest BCUT2D eigenvalue weighted by Crippen LogP contribution is 2.52. The van der Waals surface area contributed by atoms with Crippen LogP contribution in [0.25, 0.3) is 0 Å². The van der Waals surface area contributed by atoms with Crippen molar-refractivity contribution in [3.05, 3.63) is 52.8 Å². The van der Waals surface area contributed by atoms with Crippen LogP contribution in [-0.2, 0) is 0 Å². The third-order valence-corrected chi connectivity index (χ3v) is 4.72. The Hall–Kier alpha value is -2.35. The van der Waals surface area contributed by atoms with Gasteiger partial charge in [0.05, 0.1) is 5.56 Å². The lowest BCUT2D eigenvalue weighted by Crippen LogP contribution is -2.12. The van der Waals surface area contributed by atoms with Crippen molar-refractivity contribution in [2.24, 2.45) is 0 Å². The van der Waals surface area contributed by atoms with E-state index < -0.39 is 51.9 Å². The first-order valence-electron chi connectivity index (χ1n) is 7.42. The van der Waals surface area contributed by atoms with E-state index in [1.54, 1.807) is 6.07 Å². The summed E-state index contributed by atoms with van der Waals surface area (Å²) in [6, 6.07) is 6.81. The number of halogens is 5. The third-order valence-electron chi connectivity index (χ3n) is 3.91. The van der Waals surface area contributed by atoms with Gasteiger partial charge in [-0.25, -0.2) is 8.78 Å². The Bertz CT molecular complexity index is 928. The van der Waals surface area contributed by atoms with E-state index in [2.05, 4.69) is 0 Å². The average molecular weight is 403 g/mol. The van der Waals surface area contributed by atoms with E-state index in [1.807, 2.05) is 0 Å². The highest BCUT2D eigenvalue weighted by Gasteiger charge is 2.45. The summed E-state index contributed by atoms with van der Waals surface area (Å²) >= 11 is -0.549. The van der Waals surface area contributed by atoms with E-state index in [9.17, 15) is 32.2 Å². The Labute approximate surface area is 153 Å². The average Bonchev–Trinajstić information content (AvgIpc) is 2.82. The van der Waals surface area contributed by atoms with Crippen LogP contribution in [0.3, 0.4) is 0 Å². The molecule has 3 rings (SSSR count). The first kappa shape index (κ1) is 19.4. The molecule has 0 saturated heterocycles. The van der Waals surface area contributed by atoms with Crippen LogP contribution in [0.1, 0.15) is 28.9 Å². The monoisotopic (exact) mass is 403 g/mol. The second-order valence-electron chi connectivity index (χ2n) is 5.63. The van der Waals surface area contributed by atoms with Gasteiger partial charge in [0.2, 0.25) is 0 Å². The quantitative estimate of drug-likeness (QED) is 0.582. The molecule has 0 fully saturated rings. The summed E-state index contributed by atoms with van der Waals surface area (Å²) in [5, 5.41) is 28.8. The number of hydrogen-bond acceptors (Lipinski definition) is 5. The van der Waals surface area contributed by atoms with Crippen molar-refractivity contribution in [3.8, 4) is 17.6 Å². The van der Waals surface area contributed by atoms with Gasteiger partial charge in [0.15, 0.2) is 6.17 Å². The normalized spacial score (nSPS) is 21.6. The standard InChI is InChI=1S/C17H10F5NO3S/c18-9-2-1-8(5-7(9)6-23)26-10-3-4-11(27-17(20,21)22)13-12(10)15(24)14(19)16(13)25/h1-5,14-16,24-25H/t14-,15+,16+/m1/s1. The summed E-state index contributed by atoms with van der Waals surface area (Å²) in [5.74, 6) is -1.06. The Kier molecular flexibility index (Phi) is 5.03. The van der Waals surface area contributed by atoms with Crippen LogP contribution in [-0.4, -0.2) is 21.9 Å². The zero-order valence-corrected chi connectivity index (χ0v) is 14.0. The van der Waals surface area contributed by atoms with E-state index in [0.29, 0.717) is 0 Å². The Morgan fingerprint density at radius 3 is 2.37 bits per heavy atom. The fourth-order valence-electron chi connectivity index (χ4n) is 2.78. The van der Waals surface area contributed by atoms with Gasteiger partial charge in [0, 0.05) is 22.1 Å². The largest absolute Gasteiger partial charge is 0.457 e. The van der Waals surface area contributed by atoms with Gasteiger partial charge >= 0.3 is 5.51 Å². The summed E-state index contributed by atoms with van der Waals surface area (Å²) in [4.78, 5) is -0.464. The molecule has 0 aromatic heterocycles.